The molecule has 0 saturated heterocycles. The molecule has 0 aliphatic rings. The van der Waals surface area contributed by atoms with Gasteiger partial charge in [0.2, 0.25) is 11.8 Å². The van der Waals surface area contributed by atoms with E-state index in [4.69, 9.17) is 4.74 Å². The van der Waals surface area contributed by atoms with Crippen molar-refractivity contribution < 1.29 is 144 Å². The Labute approximate surface area is 464 Å². The second kappa shape index (κ2) is 36.2. The third-order valence-electron chi connectivity index (χ3n) is 10.2. The molecule has 4 aromatic carbocycles. The molecule has 0 saturated carbocycles. The van der Waals surface area contributed by atoms with Gasteiger partial charge in [0.15, 0.2) is 0 Å². The van der Waals surface area contributed by atoms with Gasteiger partial charge < -0.3 is 56.3 Å². The average Bonchev–Trinajstić information content (AvgIpc) is 3.81. The minimum absolute atomic E-state index is 0. The molecule has 5 aromatic rings. The Balaban J connectivity index is -0.00000114. The number of aliphatic carboxylic acids is 2. The van der Waals surface area contributed by atoms with Crippen LogP contribution in [0.5, 0.6) is 0 Å². The van der Waals surface area contributed by atoms with Crippen LogP contribution in [0.4, 0.5) is 0 Å². The van der Waals surface area contributed by atoms with Gasteiger partial charge >= 0.3 is 94.6 Å². The van der Waals surface area contributed by atoms with Gasteiger partial charge in [-0.15, -0.1) is 0 Å². The van der Waals surface area contributed by atoms with Gasteiger partial charge in [-0.3, -0.25) is 24.8 Å². The molecule has 352 valence electrons. The normalized spacial score (nSPS) is 11.2. The summed E-state index contributed by atoms with van der Waals surface area (Å²) >= 11 is 0. The zero-order valence-electron chi connectivity index (χ0n) is 40.5. The molecule has 17 nitrogen and oxygen atoms in total. The van der Waals surface area contributed by atoms with Crippen LogP contribution >= 0.6 is 0 Å². The predicted octanol–water partition coefficient (Wildman–Crippen LogP) is -6.51. The summed E-state index contributed by atoms with van der Waals surface area (Å²) in [5.74, 6) is -3.55. The maximum atomic E-state index is 12.8. The summed E-state index contributed by atoms with van der Waals surface area (Å²) in [6.07, 6.45) is 2.34. The molecule has 0 fully saturated rings. The Morgan fingerprint density at radius 2 is 1.26 bits per heavy atom. The van der Waals surface area contributed by atoms with Crippen LogP contribution in [0, 0.1) is 11.8 Å². The first-order valence-electron chi connectivity index (χ1n) is 21.0. The van der Waals surface area contributed by atoms with E-state index in [0.29, 0.717) is 31.7 Å². The van der Waals surface area contributed by atoms with E-state index in [9.17, 15) is 34.2 Å². The minimum Gasteiger partial charge on any atom is -0.550 e. The fourth-order valence-electron chi connectivity index (χ4n) is 7.01. The second-order valence-electron chi connectivity index (χ2n) is 15.4. The van der Waals surface area contributed by atoms with Crippen LogP contribution in [-0.2, 0) is 41.7 Å². The van der Waals surface area contributed by atoms with E-state index in [-0.39, 0.29) is 160 Å². The molecule has 68 heavy (non-hydrogen) atoms. The number of carboxylic acids is 2. The van der Waals surface area contributed by atoms with Crippen molar-refractivity contribution in [1.29, 1.82) is 0 Å². The Hall–Kier alpha value is -3.82. The van der Waals surface area contributed by atoms with Gasteiger partial charge in [-0.25, -0.2) is 5.10 Å². The van der Waals surface area contributed by atoms with Crippen LogP contribution in [0.15, 0.2) is 103 Å². The molecule has 0 radical (unpaired) electrons. The Morgan fingerprint density at radius 3 is 1.79 bits per heavy atom. The number of carbonyl (C=O) groups is 5. The van der Waals surface area contributed by atoms with Crippen LogP contribution in [-0.4, -0.2) is 85.2 Å². The standard InChI is InChI=1S/C24H29N5O3.C24H29NO5.3Na.3H2O/c1-4-5-10-21(30)29(22(16(2)3)24(31)32)15-17-11-13-18(14-12-17)19-8-6-7-9-20(19)23-25-27-28-26-23;1-3-30-24(29)17(2)15-21(25-22(26)13-14-23(27)28)16-18-9-11-20(12-10-18)19-7-5-4-6-8-19;;;;;;/h6-9,11-14,16,22H,4-5,10,15H2,1-3H3,(H2,25,26,27,28,31,32);4-12,17,21H,3,13-16H2,1-2H3,(H,25,26)(H,27,28);;;;3*1H2/q;;3*+1;;;/p-3/t22-;17-,21+;;;;;;/m01....../s1. The first kappa shape index (κ1) is 68.4. The molecule has 7 N–H and O–H groups in total. The van der Waals surface area contributed by atoms with Crippen molar-refractivity contribution in [3.05, 3.63) is 114 Å². The first-order valence-corrected chi connectivity index (χ1v) is 21.0. The molecule has 1 heterocycles. The van der Waals surface area contributed by atoms with E-state index < -0.39 is 18.0 Å². The summed E-state index contributed by atoms with van der Waals surface area (Å²) in [5, 5.41) is 40.3. The molecule has 0 spiro atoms. The minimum atomic E-state index is -1.27. The quantitative estimate of drug-likeness (QED) is 0.0531. The molecule has 3 atom stereocenters. The number of ether oxygens (including phenoxy) is 1. The van der Waals surface area contributed by atoms with Crippen molar-refractivity contribution in [3.8, 4) is 33.6 Å². The van der Waals surface area contributed by atoms with E-state index in [1.54, 1.807) is 27.7 Å². The van der Waals surface area contributed by atoms with Gasteiger partial charge in [0.05, 0.1) is 30.4 Å². The number of carboxylic acid groups (broad SMARTS) is 2. The molecule has 0 bridgehead atoms. The number of hydrogen-bond donors (Lipinski definition) is 1. The molecule has 5 rings (SSSR count). The summed E-state index contributed by atoms with van der Waals surface area (Å²) < 4.78 is 5.07. The van der Waals surface area contributed by atoms with Crippen molar-refractivity contribution in [3.63, 3.8) is 0 Å². The van der Waals surface area contributed by atoms with E-state index in [0.717, 1.165) is 51.8 Å². The monoisotopic (exact) mass is 966 g/mol. The van der Waals surface area contributed by atoms with Gasteiger partial charge in [0.25, 0.3) is 0 Å². The maximum Gasteiger partial charge on any atom is 1.00 e. The third kappa shape index (κ3) is 22.3. The van der Waals surface area contributed by atoms with Gasteiger partial charge in [0, 0.05) is 37.0 Å². The Kier molecular flexibility index (Phi) is 36.4. The number of unbranched alkanes of at least 4 members (excludes halogenated alkanes) is 1. The number of hydrogen-bond acceptors (Lipinski definition) is 11. The second-order valence-corrected chi connectivity index (χ2v) is 15.4. The number of benzene rings is 4. The molecule has 20 heteroatoms. The fraction of sp³-hybridized carbons (Fsp3) is 0.375. The maximum absolute atomic E-state index is 12.8. The van der Waals surface area contributed by atoms with E-state index in [2.05, 4.69) is 25.9 Å². The number of nitrogens with one attached hydrogen (secondary N) is 1. The summed E-state index contributed by atoms with van der Waals surface area (Å²) in [7, 11) is 0. The SMILES string of the molecule is CCCCC(=O)N(Cc1ccc(-c2ccccc2-c2nn[n-]n2)cc1)[C@H](C(=O)[O-])C(C)C.CCOC(=O)[C@H](C)C[C@@H](Cc1ccc(-c2ccccc2)cc1)NC(=O)CCC(=O)[O-].O.O.O.[Na+].[Na+].[Na+]. The summed E-state index contributed by atoms with van der Waals surface area (Å²) in [5.41, 5.74) is 6.75. The smallest absolute Gasteiger partial charge is 0.550 e. The van der Waals surface area contributed by atoms with E-state index in [1.807, 2.05) is 110 Å². The number of carbonyl (C=O) groups excluding carboxylic acids is 5. The van der Waals surface area contributed by atoms with Crippen molar-refractivity contribution in [2.75, 3.05) is 6.61 Å². The molecule has 1 aromatic heterocycles. The number of nitrogens with zero attached hydrogens (tertiary/aromatic N) is 5. The molecular formula is C48H61N6Na3O11. The van der Waals surface area contributed by atoms with Crippen molar-refractivity contribution in [1.82, 2.24) is 30.8 Å². The van der Waals surface area contributed by atoms with E-state index >= 15 is 0 Å². The average molecular weight is 967 g/mol. The van der Waals surface area contributed by atoms with Gasteiger partial charge in [-0.2, -0.15) is 0 Å². The van der Waals surface area contributed by atoms with Crippen LogP contribution in [0.3, 0.4) is 0 Å². The molecule has 0 aliphatic heterocycles. The van der Waals surface area contributed by atoms with Crippen LogP contribution in [0.25, 0.3) is 33.6 Å². The Morgan fingerprint density at radius 1 is 0.706 bits per heavy atom. The topological polar surface area (TPSA) is 303 Å². The summed E-state index contributed by atoms with van der Waals surface area (Å²) in [6.45, 7) is 9.59. The molecule has 0 aliphatic carbocycles. The molecule has 0 unspecified atom stereocenters. The Bertz CT molecular complexity index is 2200. The number of esters is 1. The molecular weight excluding hydrogens is 906 g/mol. The van der Waals surface area contributed by atoms with Crippen molar-refractivity contribution >= 4 is 29.7 Å². The van der Waals surface area contributed by atoms with Crippen LogP contribution in [0.1, 0.15) is 84.3 Å². The van der Waals surface area contributed by atoms with Gasteiger partial charge in [-0.1, -0.05) is 137 Å². The number of amides is 2. The number of tetrazole rings is 1. The van der Waals surface area contributed by atoms with E-state index in [1.165, 1.54) is 4.90 Å². The van der Waals surface area contributed by atoms with Crippen LogP contribution in [0.2, 0.25) is 0 Å². The van der Waals surface area contributed by atoms with Crippen LogP contribution < -0.4 is 109 Å². The number of rotatable bonds is 21. The molecule has 2 amide bonds. The van der Waals surface area contributed by atoms with Gasteiger partial charge in [-0.05, 0) is 71.9 Å². The third-order valence-corrected chi connectivity index (χ3v) is 10.2. The largest absolute Gasteiger partial charge is 1.00 e. The van der Waals surface area contributed by atoms with Crippen molar-refractivity contribution in [2.45, 2.75) is 98.2 Å². The zero-order chi connectivity index (χ0) is 45.0. The zero-order valence-corrected chi connectivity index (χ0v) is 46.5. The number of aromatic nitrogens is 4. The fourth-order valence-corrected chi connectivity index (χ4v) is 7.01. The summed E-state index contributed by atoms with van der Waals surface area (Å²) in [4.78, 5) is 60.9. The first-order chi connectivity index (χ1) is 29.8. The van der Waals surface area contributed by atoms with Gasteiger partial charge in [0.1, 0.15) is 0 Å². The predicted molar refractivity (Wildman–Crippen MR) is 241 cm³/mol. The summed E-state index contributed by atoms with van der Waals surface area (Å²) in [6, 6.07) is 32.1. The van der Waals surface area contributed by atoms with Crippen molar-refractivity contribution in [2.24, 2.45) is 11.8 Å².